The van der Waals surface area contributed by atoms with Gasteiger partial charge in [-0.1, -0.05) is 26.3 Å². The van der Waals surface area contributed by atoms with E-state index < -0.39 is 0 Å². The fraction of sp³-hybridized carbons (Fsp3) is 0.538. The first-order valence-corrected chi connectivity index (χ1v) is 6.49. The average Bonchev–Trinajstić information content (AvgIpc) is 2.21. The highest BCUT2D eigenvalue weighted by atomic mass is 79.9. The molecule has 0 saturated carbocycles. The summed E-state index contributed by atoms with van der Waals surface area (Å²) >= 11 is 3.59. The fourth-order valence-electron chi connectivity index (χ4n) is 1.68. The number of aryl methyl sites for hydroxylation is 1. The SMILES string of the molecule is CCCC(CC)Nc1ccc(C)cc1Br. The minimum Gasteiger partial charge on any atom is -0.381 e. The largest absolute Gasteiger partial charge is 0.381 e. The van der Waals surface area contributed by atoms with Gasteiger partial charge in [-0.05, 0) is 53.4 Å². The number of hydrogen-bond donors (Lipinski definition) is 1. The first kappa shape index (κ1) is 12.6. The van der Waals surface area contributed by atoms with E-state index in [2.05, 4.69) is 60.2 Å². The third-order valence-electron chi connectivity index (χ3n) is 2.61. The summed E-state index contributed by atoms with van der Waals surface area (Å²) in [5.41, 5.74) is 2.50. The Bertz CT molecular complexity index is 309. The van der Waals surface area contributed by atoms with Crippen LogP contribution in [-0.2, 0) is 0 Å². The molecule has 2 heteroatoms. The zero-order valence-corrected chi connectivity index (χ0v) is 11.4. The number of hydrogen-bond acceptors (Lipinski definition) is 1. The highest BCUT2D eigenvalue weighted by molar-refractivity contribution is 9.10. The van der Waals surface area contributed by atoms with E-state index in [1.807, 2.05) is 0 Å². The Hall–Kier alpha value is -0.500. The van der Waals surface area contributed by atoms with Crippen molar-refractivity contribution in [2.75, 3.05) is 5.32 Å². The molecule has 0 spiro atoms. The lowest BCUT2D eigenvalue weighted by Crippen LogP contribution is -2.18. The van der Waals surface area contributed by atoms with Crippen molar-refractivity contribution in [1.29, 1.82) is 0 Å². The molecule has 0 aromatic heterocycles. The molecule has 0 radical (unpaired) electrons. The fourth-order valence-corrected chi connectivity index (χ4v) is 2.29. The van der Waals surface area contributed by atoms with Gasteiger partial charge in [-0.2, -0.15) is 0 Å². The highest BCUT2D eigenvalue weighted by Gasteiger charge is 2.06. The Balaban J connectivity index is 2.70. The van der Waals surface area contributed by atoms with Crippen LogP contribution in [0.25, 0.3) is 0 Å². The van der Waals surface area contributed by atoms with Gasteiger partial charge in [0.1, 0.15) is 0 Å². The van der Waals surface area contributed by atoms with Gasteiger partial charge in [0.2, 0.25) is 0 Å². The topological polar surface area (TPSA) is 12.0 Å². The van der Waals surface area contributed by atoms with Crippen molar-refractivity contribution in [2.45, 2.75) is 46.1 Å². The molecule has 1 aromatic carbocycles. The monoisotopic (exact) mass is 269 g/mol. The molecule has 1 nitrogen and oxygen atoms in total. The molecule has 1 atom stereocenters. The minimum absolute atomic E-state index is 0.592. The summed E-state index contributed by atoms with van der Waals surface area (Å²) in [6, 6.07) is 7.04. The van der Waals surface area contributed by atoms with Crippen molar-refractivity contribution in [3.8, 4) is 0 Å². The summed E-state index contributed by atoms with van der Waals surface area (Å²) in [5.74, 6) is 0. The average molecular weight is 270 g/mol. The summed E-state index contributed by atoms with van der Waals surface area (Å²) in [4.78, 5) is 0. The maximum Gasteiger partial charge on any atom is 0.0486 e. The van der Waals surface area contributed by atoms with E-state index in [1.165, 1.54) is 30.5 Å². The Labute approximate surface area is 101 Å². The molecule has 0 amide bonds. The van der Waals surface area contributed by atoms with Gasteiger partial charge in [-0.25, -0.2) is 0 Å². The third-order valence-corrected chi connectivity index (χ3v) is 3.27. The summed E-state index contributed by atoms with van der Waals surface area (Å²) in [5, 5.41) is 3.58. The predicted molar refractivity (Wildman–Crippen MR) is 71.5 cm³/mol. The molecule has 0 aliphatic carbocycles. The maximum absolute atomic E-state index is 3.59. The quantitative estimate of drug-likeness (QED) is 0.814. The standard InChI is InChI=1S/C13H20BrN/c1-4-6-11(5-2)15-13-8-7-10(3)9-12(13)14/h7-9,11,15H,4-6H2,1-3H3. The first-order chi connectivity index (χ1) is 7.17. The van der Waals surface area contributed by atoms with Crippen LogP contribution in [0, 0.1) is 6.92 Å². The summed E-state index contributed by atoms with van der Waals surface area (Å²) in [6.45, 7) is 6.57. The second-order valence-electron chi connectivity index (χ2n) is 4.02. The van der Waals surface area contributed by atoms with Gasteiger partial charge in [0.15, 0.2) is 0 Å². The van der Waals surface area contributed by atoms with Crippen molar-refractivity contribution in [2.24, 2.45) is 0 Å². The zero-order chi connectivity index (χ0) is 11.3. The Morgan fingerprint density at radius 2 is 2.07 bits per heavy atom. The summed E-state index contributed by atoms with van der Waals surface area (Å²) in [6.07, 6.45) is 3.64. The van der Waals surface area contributed by atoms with Gasteiger partial charge in [-0.15, -0.1) is 0 Å². The Morgan fingerprint density at radius 1 is 1.33 bits per heavy atom. The predicted octanol–water partition coefficient (Wildman–Crippen LogP) is 4.75. The maximum atomic E-state index is 3.59. The molecule has 15 heavy (non-hydrogen) atoms. The first-order valence-electron chi connectivity index (χ1n) is 5.70. The lowest BCUT2D eigenvalue weighted by Gasteiger charge is -2.18. The summed E-state index contributed by atoms with van der Waals surface area (Å²) < 4.78 is 1.16. The number of nitrogens with one attached hydrogen (secondary N) is 1. The van der Waals surface area contributed by atoms with Gasteiger partial charge in [0.25, 0.3) is 0 Å². The molecule has 0 bridgehead atoms. The van der Waals surface area contributed by atoms with Gasteiger partial charge < -0.3 is 5.32 Å². The Kier molecular flexibility index (Phi) is 5.16. The molecular formula is C13H20BrN. The number of benzene rings is 1. The highest BCUT2D eigenvalue weighted by Crippen LogP contribution is 2.25. The van der Waals surface area contributed by atoms with Crippen LogP contribution >= 0.6 is 15.9 Å². The normalized spacial score (nSPS) is 12.5. The molecule has 0 aliphatic heterocycles. The van der Waals surface area contributed by atoms with Crippen molar-refractivity contribution in [3.05, 3.63) is 28.2 Å². The van der Waals surface area contributed by atoms with Crippen LogP contribution in [-0.4, -0.2) is 6.04 Å². The summed E-state index contributed by atoms with van der Waals surface area (Å²) in [7, 11) is 0. The van der Waals surface area contributed by atoms with Crippen LogP contribution in [0.5, 0.6) is 0 Å². The molecular weight excluding hydrogens is 250 g/mol. The van der Waals surface area contributed by atoms with E-state index in [4.69, 9.17) is 0 Å². The van der Waals surface area contributed by atoms with E-state index in [1.54, 1.807) is 0 Å². The molecule has 1 N–H and O–H groups in total. The molecule has 0 saturated heterocycles. The molecule has 1 aromatic rings. The number of anilines is 1. The van der Waals surface area contributed by atoms with E-state index in [-0.39, 0.29) is 0 Å². The third kappa shape index (κ3) is 3.86. The van der Waals surface area contributed by atoms with E-state index in [0.717, 1.165) is 4.47 Å². The van der Waals surface area contributed by atoms with E-state index in [9.17, 15) is 0 Å². The van der Waals surface area contributed by atoms with Crippen molar-refractivity contribution >= 4 is 21.6 Å². The van der Waals surface area contributed by atoms with Crippen molar-refractivity contribution in [1.82, 2.24) is 0 Å². The zero-order valence-electron chi connectivity index (χ0n) is 9.81. The van der Waals surface area contributed by atoms with Crippen LogP contribution in [0.3, 0.4) is 0 Å². The lowest BCUT2D eigenvalue weighted by atomic mass is 10.1. The van der Waals surface area contributed by atoms with E-state index in [0.29, 0.717) is 6.04 Å². The van der Waals surface area contributed by atoms with Crippen LogP contribution < -0.4 is 5.32 Å². The second kappa shape index (κ2) is 6.16. The van der Waals surface area contributed by atoms with Crippen molar-refractivity contribution < 1.29 is 0 Å². The van der Waals surface area contributed by atoms with Gasteiger partial charge >= 0.3 is 0 Å². The van der Waals surface area contributed by atoms with Gasteiger partial charge in [-0.3, -0.25) is 0 Å². The molecule has 0 aliphatic rings. The van der Waals surface area contributed by atoms with Crippen LogP contribution in [0.1, 0.15) is 38.7 Å². The molecule has 0 fully saturated rings. The van der Waals surface area contributed by atoms with Crippen LogP contribution in [0.15, 0.2) is 22.7 Å². The second-order valence-corrected chi connectivity index (χ2v) is 4.88. The van der Waals surface area contributed by atoms with Gasteiger partial charge in [0.05, 0.1) is 0 Å². The van der Waals surface area contributed by atoms with Gasteiger partial charge in [0, 0.05) is 16.2 Å². The molecule has 0 heterocycles. The minimum atomic E-state index is 0.592. The van der Waals surface area contributed by atoms with Crippen molar-refractivity contribution in [3.63, 3.8) is 0 Å². The van der Waals surface area contributed by atoms with Crippen LogP contribution in [0.4, 0.5) is 5.69 Å². The molecule has 84 valence electrons. The lowest BCUT2D eigenvalue weighted by molar-refractivity contribution is 0.622. The Morgan fingerprint density at radius 3 is 2.60 bits per heavy atom. The molecule has 1 rings (SSSR count). The van der Waals surface area contributed by atoms with Crippen LogP contribution in [0.2, 0.25) is 0 Å². The number of halogens is 1. The number of rotatable bonds is 5. The van der Waals surface area contributed by atoms with E-state index >= 15 is 0 Å². The smallest absolute Gasteiger partial charge is 0.0486 e. The molecule has 1 unspecified atom stereocenters.